The van der Waals surface area contributed by atoms with E-state index in [2.05, 4.69) is 0 Å². The van der Waals surface area contributed by atoms with Gasteiger partial charge in [0.15, 0.2) is 0 Å². The van der Waals surface area contributed by atoms with E-state index in [9.17, 15) is 4.79 Å². The average molecular weight is 148 g/mol. The summed E-state index contributed by atoms with van der Waals surface area (Å²) in [6, 6.07) is 0. The monoisotopic (exact) mass is 148 g/mol. The van der Waals surface area contributed by atoms with Crippen LogP contribution in [0.1, 0.15) is 20.8 Å². The molecular weight excluding hydrogens is 136 g/mol. The van der Waals surface area contributed by atoms with Crippen LogP contribution in [0.2, 0.25) is 0 Å². The summed E-state index contributed by atoms with van der Waals surface area (Å²) in [5.74, 6) is 0. The summed E-state index contributed by atoms with van der Waals surface area (Å²) in [5, 5.41) is 8.82. The fraction of sp³-hybridized carbons (Fsp3) is 0.833. The summed E-state index contributed by atoms with van der Waals surface area (Å²) < 4.78 is 0. The normalized spacial score (nSPS) is 13.9. The smallest absolute Gasteiger partial charge is 0.217 e. The predicted octanol–water partition coefficient (Wildman–Crippen LogP) is 1.04. The molecule has 0 aliphatic rings. The van der Waals surface area contributed by atoms with Crippen molar-refractivity contribution in [1.82, 2.24) is 0 Å². The molecule has 0 rings (SSSR count). The minimum absolute atomic E-state index is 0.148. The Morgan fingerprint density at radius 3 is 2.00 bits per heavy atom. The Bertz CT molecular complexity index is 99.2. The van der Waals surface area contributed by atoms with Crippen molar-refractivity contribution >= 4 is 16.9 Å². The van der Waals surface area contributed by atoms with Gasteiger partial charge in [0.2, 0.25) is 5.12 Å². The van der Waals surface area contributed by atoms with E-state index in [4.69, 9.17) is 5.11 Å². The summed E-state index contributed by atoms with van der Waals surface area (Å²) >= 11 is 1.17. The van der Waals surface area contributed by atoms with Crippen molar-refractivity contribution < 1.29 is 9.90 Å². The summed E-state index contributed by atoms with van der Waals surface area (Å²) in [6.45, 7) is 5.33. The van der Waals surface area contributed by atoms with E-state index in [1.54, 1.807) is 0 Å². The van der Waals surface area contributed by atoms with Crippen molar-refractivity contribution in [3.8, 4) is 0 Å². The van der Waals surface area contributed by atoms with E-state index in [1.165, 1.54) is 18.7 Å². The average Bonchev–Trinajstić information content (AvgIpc) is 1.63. The second-order valence-corrected chi connectivity index (χ2v) is 3.74. The number of hydrogen-bond donors (Lipinski definition) is 1. The van der Waals surface area contributed by atoms with Gasteiger partial charge in [-0.2, -0.15) is 0 Å². The van der Waals surface area contributed by atoms with Gasteiger partial charge in [0.05, 0.1) is 0 Å². The molecule has 0 heterocycles. The fourth-order valence-corrected chi connectivity index (χ4v) is 0.992. The van der Waals surface area contributed by atoms with Crippen molar-refractivity contribution in [3.05, 3.63) is 0 Å². The standard InChI is InChI=1S/C6H12O2S/c1-4(2)9-6(8)5(3)7/h4-5,7H,1-3H3. The molecule has 1 unspecified atom stereocenters. The van der Waals surface area contributed by atoms with E-state index in [-0.39, 0.29) is 10.4 Å². The second kappa shape index (κ2) is 3.90. The van der Waals surface area contributed by atoms with Crippen molar-refractivity contribution in [1.29, 1.82) is 0 Å². The number of aliphatic hydroxyl groups is 1. The van der Waals surface area contributed by atoms with E-state index >= 15 is 0 Å². The largest absolute Gasteiger partial charge is 0.385 e. The lowest BCUT2D eigenvalue weighted by Crippen LogP contribution is -2.13. The van der Waals surface area contributed by atoms with Crippen LogP contribution >= 0.6 is 11.8 Å². The number of hydrogen-bond acceptors (Lipinski definition) is 3. The molecule has 0 radical (unpaired) electrons. The quantitative estimate of drug-likeness (QED) is 0.635. The molecule has 0 fully saturated rings. The van der Waals surface area contributed by atoms with Crippen molar-refractivity contribution in [2.75, 3.05) is 0 Å². The van der Waals surface area contributed by atoms with Crippen LogP contribution in [-0.4, -0.2) is 21.6 Å². The molecule has 0 aliphatic carbocycles. The molecule has 3 heteroatoms. The maximum atomic E-state index is 10.7. The van der Waals surface area contributed by atoms with Gasteiger partial charge in [0, 0.05) is 5.25 Å². The zero-order chi connectivity index (χ0) is 7.44. The first-order valence-electron chi connectivity index (χ1n) is 2.92. The fourth-order valence-electron chi connectivity index (χ4n) is 0.331. The summed E-state index contributed by atoms with van der Waals surface area (Å²) in [6.07, 6.45) is -0.822. The van der Waals surface area contributed by atoms with Crippen LogP contribution in [0.3, 0.4) is 0 Å². The number of carbonyl (C=O) groups excluding carboxylic acids is 1. The zero-order valence-electron chi connectivity index (χ0n) is 5.92. The van der Waals surface area contributed by atoms with Crippen LogP contribution in [-0.2, 0) is 4.79 Å². The molecule has 0 aromatic rings. The first-order valence-corrected chi connectivity index (χ1v) is 3.80. The number of thioether (sulfide) groups is 1. The topological polar surface area (TPSA) is 37.3 Å². The van der Waals surface area contributed by atoms with Crippen LogP contribution in [0.4, 0.5) is 0 Å². The lowest BCUT2D eigenvalue weighted by atomic mass is 10.5. The van der Waals surface area contributed by atoms with E-state index in [0.717, 1.165) is 0 Å². The number of aliphatic hydroxyl groups excluding tert-OH is 1. The van der Waals surface area contributed by atoms with Gasteiger partial charge in [-0.3, -0.25) is 4.79 Å². The summed E-state index contributed by atoms with van der Waals surface area (Å²) in [7, 11) is 0. The molecule has 1 N–H and O–H groups in total. The van der Waals surface area contributed by atoms with Gasteiger partial charge in [-0.25, -0.2) is 0 Å². The molecule has 1 atom stereocenters. The molecule has 2 nitrogen and oxygen atoms in total. The molecule has 0 saturated heterocycles. The van der Waals surface area contributed by atoms with Crippen LogP contribution in [0.25, 0.3) is 0 Å². The maximum absolute atomic E-state index is 10.7. The van der Waals surface area contributed by atoms with E-state index in [1.807, 2.05) is 13.8 Å². The highest BCUT2D eigenvalue weighted by Gasteiger charge is 2.10. The third-order valence-corrected chi connectivity index (χ3v) is 1.74. The predicted molar refractivity (Wildman–Crippen MR) is 39.4 cm³/mol. The molecule has 0 bridgehead atoms. The van der Waals surface area contributed by atoms with Crippen molar-refractivity contribution in [2.24, 2.45) is 0 Å². The first-order chi connectivity index (χ1) is 4.04. The lowest BCUT2D eigenvalue weighted by molar-refractivity contribution is -0.117. The minimum Gasteiger partial charge on any atom is -0.385 e. The SMILES string of the molecule is CC(C)SC(=O)C(C)O. The Labute approximate surface area is 59.6 Å². The van der Waals surface area contributed by atoms with Crippen LogP contribution in [0.5, 0.6) is 0 Å². The van der Waals surface area contributed by atoms with Crippen LogP contribution < -0.4 is 0 Å². The summed E-state index contributed by atoms with van der Waals surface area (Å²) in [5.41, 5.74) is 0. The second-order valence-electron chi connectivity index (χ2n) is 2.16. The Kier molecular flexibility index (Phi) is 3.89. The minimum atomic E-state index is -0.822. The number of rotatable bonds is 2. The number of carbonyl (C=O) groups is 1. The van der Waals surface area contributed by atoms with Gasteiger partial charge in [0.1, 0.15) is 6.10 Å². The highest BCUT2D eigenvalue weighted by atomic mass is 32.2. The van der Waals surface area contributed by atoms with E-state index in [0.29, 0.717) is 0 Å². The van der Waals surface area contributed by atoms with Gasteiger partial charge in [-0.15, -0.1) is 0 Å². The van der Waals surface area contributed by atoms with Crippen molar-refractivity contribution in [3.63, 3.8) is 0 Å². The van der Waals surface area contributed by atoms with Crippen molar-refractivity contribution in [2.45, 2.75) is 32.1 Å². The van der Waals surface area contributed by atoms with E-state index < -0.39 is 6.10 Å². The van der Waals surface area contributed by atoms with Gasteiger partial charge < -0.3 is 5.11 Å². The Morgan fingerprint density at radius 1 is 1.44 bits per heavy atom. The maximum Gasteiger partial charge on any atom is 0.217 e. The lowest BCUT2D eigenvalue weighted by Gasteiger charge is -2.03. The van der Waals surface area contributed by atoms with Crippen LogP contribution in [0, 0.1) is 0 Å². The first kappa shape index (κ1) is 8.98. The Morgan fingerprint density at radius 2 is 1.89 bits per heavy atom. The highest BCUT2D eigenvalue weighted by molar-refractivity contribution is 8.14. The van der Waals surface area contributed by atoms with Gasteiger partial charge >= 0.3 is 0 Å². The molecule has 0 aliphatic heterocycles. The Balaban J connectivity index is 3.51. The van der Waals surface area contributed by atoms with Gasteiger partial charge in [-0.05, 0) is 6.92 Å². The molecule has 54 valence electrons. The molecule has 9 heavy (non-hydrogen) atoms. The molecule has 0 spiro atoms. The van der Waals surface area contributed by atoms with Gasteiger partial charge in [-0.1, -0.05) is 25.6 Å². The third kappa shape index (κ3) is 4.48. The molecule has 0 saturated carbocycles. The Hall–Kier alpha value is -0.0200. The molecule has 0 aromatic carbocycles. The zero-order valence-corrected chi connectivity index (χ0v) is 6.73. The highest BCUT2D eigenvalue weighted by Crippen LogP contribution is 2.11. The molecule has 0 aromatic heterocycles. The molecular formula is C6H12O2S. The summed E-state index contributed by atoms with van der Waals surface area (Å²) in [4.78, 5) is 10.7. The van der Waals surface area contributed by atoms with Crippen LogP contribution in [0.15, 0.2) is 0 Å². The third-order valence-electron chi connectivity index (χ3n) is 0.693. The van der Waals surface area contributed by atoms with Gasteiger partial charge in [0.25, 0.3) is 0 Å². The molecule has 0 amide bonds.